The SMILES string of the molecule is FC(F)(F)c1ccc(-c2ncc3c(n2)CCN(Cc2cn4ccsc4n2)C3)cc1. The van der Waals surface area contributed by atoms with Gasteiger partial charge in [0.05, 0.1) is 17.0 Å². The third-order valence-corrected chi connectivity index (χ3v) is 5.78. The fourth-order valence-electron chi connectivity index (χ4n) is 3.54. The molecule has 4 aromatic rings. The molecule has 0 unspecified atom stereocenters. The molecule has 5 nitrogen and oxygen atoms in total. The van der Waals surface area contributed by atoms with Crippen molar-refractivity contribution < 1.29 is 13.2 Å². The van der Waals surface area contributed by atoms with Crippen LogP contribution in [0.1, 0.15) is 22.5 Å². The molecular weight excluding hydrogens is 399 g/mol. The minimum absolute atomic E-state index is 0.459. The van der Waals surface area contributed by atoms with Gasteiger partial charge in [-0.2, -0.15) is 13.2 Å². The van der Waals surface area contributed by atoms with Crippen molar-refractivity contribution in [3.05, 3.63) is 70.8 Å². The number of fused-ring (bicyclic) bond motifs is 2. The molecule has 29 heavy (non-hydrogen) atoms. The van der Waals surface area contributed by atoms with Crippen LogP contribution in [0.4, 0.5) is 13.2 Å². The Bertz CT molecular complexity index is 1130. The Labute approximate surface area is 168 Å². The normalized spacial score (nSPS) is 15.0. The summed E-state index contributed by atoms with van der Waals surface area (Å²) in [6, 6.07) is 4.97. The number of thiazole rings is 1. The molecule has 3 aromatic heterocycles. The average Bonchev–Trinajstić information content (AvgIpc) is 3.29. The van der Waals surface area contributed by atoms with Crippen LogP contribution in [0.25, 0.3) is 16.3 Å². The molecule has 0 N–H and O–H groups in total. The van der Waals surface area contributed by atoms with E-state index in [0.29, 0.717) is 11.4 Å². The molecule has 0 saturated heterocycles. The molecule has 0 fully saturated rings. The van der Waals surface area contributed by atoms with Gasteiger partial charge in [-0.15, -0.1) is 11.3 Å². The Hall–Kier alpha value is -2.78. The van der Waals surface area contributed by atoms with Gasteiger partial charge in [-0.05, 0) is 12.1 Å². The van der Waals surface area contributed by atoms with E-state index in [1.165, 1.54) is 12.1 Å². The van der Waals surface area contributed by atoms with Crippen LogP contribution in [0.3, 0.4) is 0 Å². The number of imidazole rings is 1. The first kappa shape index (κ1) is 18.3. The maximum Gasteiger partial charge on any atom is 0.416 e. The van der Waals surface area contributed by atoms with Crippen molar-refractivity contribution in [2.45, 2.75) is 25.7 Å². The highest BCUT2D eigenvalue weighted by atomic mass is 32.1. The van der Waals surface area contributed by atoms with E-state index in [2.05, 4.69) is 19.9 Å². The lowest BCUT2D eigenvalue weighted by atomic mass is 10.1. The maximum atomic E-state index is 12.7. The van der Waals surface area contributed by atoms with Gasteiger partial charge in [-0.1, -0.05) is 12.1 Å². The zero-order valence-corrected chi connectivity index (χ0v) is 16.0. The number of aromatic nitrogens is 4. The molecule has 0 amide bonds. The quantitative estimate of drug-likeness (QED) is 0.497. The van der Waals surface area contributed by atoms with Crippen LogP contribution < -0.4 is 0 Å². The summed E-state index contributed by atoms with van der Waals surface area (Å²) in [4.78, 5) is 16.9. The summed E-state index contributed by atoms with van der Waals surface area (Å²) in [7, 11) is 0. The number of alkyl halides is 3. The Morgan fingerprint density at radius 3 is 2.69 bits per heavy atom. The van der Waals surface area contributed by atoms with E-state index in [4.69, 9.17) is 0 Å². The summed E-state index contributed by atoms with van der Waals surface area (Å²) in [6.45, 7) is 2.34. The van der Waals surface area contributed by atoms with E-state index in [1.54, 1.807) is 17.5 Å². The van der Waals surface area contributed by atoms with E-state index in [-0.39, 0.29) is 0 Å². The molecule has 0 spiro atoms. The number of nitrogens with zero attached hydrogens (tertiary/aromatic N) is 5. The summed E-state index contributed by atoms with van der Waals surface area (Å²) in [5.41, 5.74) is 2.95. The Kier molecular flexibility index (Phi) is 4.36. The van der Waals surface area contributed by atoms with Crippen molar-refractivity contribution in [3.63, 3.8) is 0 Å². The molecule has 0 saturated carbocycles. The average molecular weight is 415 g/mol. The lowest BCUT2D eigenvalue weighted by molar-refractivity contribution is -0.137. The van der Waals surface area contributed by atoms with Gasteiger partial charge >= 0.3 is 6.18 Å². The molecule has 148 valence electrons. The van der Waals surface area contributed by atoms with Gasteiger partial charge in [0.2, 0.25) is 0 Å². The van der Waals surface area contributed by atoms with Crippen molar-refractivity contribution in [1.29, 1.82) is 0 Å². The van der Waals surface area contributed by atoms with Crippen LogP contribution in [-0.2, 0) is 25.7 Å². The second-order valence-corrected chi connectivity index (χ2v) is 7.90. The van der Waals surface area contributed by atoms with Gasteiger partial charge in [0.1, 0.15) is 0 Å². The van der Waals surface area contributed by atoms with Crippen molar-refractivity contribution in [3.8, 4) is 11.4 Å². The zero-order valence-electron chi connectivity index (χ0n) is 15.2. The van der Waals surface area contributed by atoms with Gasteiger partial charge in [-0.25, -0.2) is 15.0 Å². The fourth-order valence-corrected chi connectivity index (χ4v) is 4.26. The van der Waals surface area contributed by atoms with Crippen LogP contribution in [0.5, 0.6) is 0 Å². The topological polar surface area (TPSA) is 46.3 Å². The lowest BCUT2D eigenvalue weighted by Crippen LogP contribution is -2.31. The molecule has 0 atom stereocenters. The highest BCUT2D eigenvalue weighted by molar-refractivity contribution is 7.15. The molecule has 0 bridgehead atoms. The summed E-state index contributed by atoms with van der Waals surface area (Å²) in [5.74, 6) is 0.459. The van der Waals surface area contributed by atoms with Gasteiger partial charge in [0.15, 0.2) is 10.8 Å². The standard InChI is InChI=1S/C20H16F3N5S/c21-20(22,23)15-3-1-13(2-4-15)18-24-9-14-10-27(6-5-17(14)26-18)11-16-12-28-7-8-29-19(28)25-16/h1-4,7-9,12H,5-6,10-11H2. The molecule has 0 radical (unpaired) electrons. The summed E-state index contributed by atoms with van der Waals surface area (Å²) in [5, 5.41) is 2.01. The zero-order chi connectivity index (χ0) is 20.0. The van der Waals surface area contributed by atoms with Gasteiger partial charge in [0, 0.05) is 61.2 Å². The number of halogens is 3. The van der Waals surface area contributed by atoms with Crippen LogP contribution in [-0.4, -0.2) is 30.8 Å². The minimum atomic E-state index is -4.34. The number of benzene rings is 1. The second kappa shape index (κ2) is 6.93. The lowest BCUT2D eigenvalue weighted by Gasteiger charge is -2.27. The van der Waals surface area contributed by atoms with Gasteiger partial charge < -0.3 is 0 Å². The largest absolute Gasteiger partial charge is 0.416 e. The fraction of sp³-hybridized carbons (Fsp3) is 0.250. The van der Waals surface area contributed by atoms with E-state index >= 15 is 0 Å². The van der Waals surface area contributed by atoms with Gasteiger partial charge in [0.25, 0.3) is 0 Å². The molecule has 4 heterocycles. The highest BCUT2D eigenvalue weighted by Crippen LogP contribution is 2.30. The molecule has 5 rings (SSSR count). The van der Waals surface area contributed by atoms with Crippen LogP contribution in [0.15, 0.2) is 48.2 Å². The van der Waals surface area contributed by atoms with E-state index in [1.807, 2.05) is 22.2 Å². The third kappa shape index (κ3) is 3.63. The predicted octanol–water partition coefficient (Wildman–Crippen LogP) is 4.43. The Balaban J connectivity index is 1.32. The summed E-state index contributed by atoms with van der Waals surface area (Å²) in [6.07, 6.45) is 2.26. The molecule has 0 aliphatic carbocycles. The first-order valence-electron chi connectivity index (χ1n) is 9.11. The van der Waals surface area contributed by atoms with Crippen molar-refractivity contribution in [2.24, 2.45) is 0 Å². The number of rotatable bonds is 3. The molecule has 9 heteroatoms. The van der Waals surface area contributed by atoms with Gasteiger partial charge in [-0.3, -0.25) is 9.30 Å². The van der Waals surface area contributed by atoms with E-state index in [9.17, 15) is 13.2 Å². The van der Waals surface area contributed by atoms with E-state index in [0.717, 1.165) is 60.1 Å². The highest BCUT2D eigenvalue weighted by Gasteiger charge is 2.30. The molecule has 1 aromatic carbocycles. The van der Waals surface area contributed by atoms with Crippen molar-refractivity contribution >= 4 is 16.3 Å². The second-order valence-electron chi connectivity index (χ2n) is 7.03. The first-order valence-corrected chi connectivity index (χ1v) is 9.99. The minimum Gasteiger partial charge on any atom is -0.297 e. The first-order chi connectivity index (χ1) is 14.0. The molecule has 1 aliphatic heterocycles. The summed E-state index contributed by atoms with van der Waals surface area (Å²) >= 11 is 1.61. The maximum absolute atomic E-state index is 12.7. The van der Waals surface area contributed by atoms with Crippen molar-refractivity contribution in [1.82, 2.24) is 24.3 Å². The van der Waals surface area contributed by atoms with E-state index < -0.39 is 11.7 Å². The number of hydrogen-bond donors (Lipinski definition) is 0. The smallest absolute Gasteiger partial charge is 0.297 e. The van der Waals surface area contributed by atoms with Crippen LogP contribution in [0, 0.1) is 0 Å². The van der Waals surface area contributed by atoms with Crippen molar-refractivity contribution in [2.75, 3.05) is 6.54 Å². The Morgan fingerprint density at radius 1 is 1.10 bits per heavy atom. The number of hydrogen-bond acceptors (Lipinski definition) is 5. The predicted molar refractivity (Wildman–Crippen MR) is 103 cm³/mol. The summed E-state index contributed by atoms with van der Waals surface area (Å²) < 4.78 is 40.2. The van der Waals surface area contributed by atoms with Crippen LogP contribution in [0.2, 0.25) is 0 Å². The monoisotopic (exact) mass is 415 g/mol. The molecular formula is C20H16F3N5S. The third-order valence-electron chi connectivity index (χ3n) is 5.01. The molecule has 1 aliphatic rings. The van der Waals surface area contributed by atoms with Crippen LogP contribution >= 0.6 is 11.3 Å². The Morgan fingerprint density at radius 2 is 1.93 bits per heavy atom.